The summed E-state index contributed by atoms with van der Waals surface area (Å²) in [4.78, 5) is 39.0. The van der Waals surface area contributed by atoms with Gasteiger partial charge in [-0.15, -0.1) is 0 Å². The average Bonchev–Trinajstić information content (AvgIpc) is 3.15. The number of Topliss-reactive ketones (excluding diaryl/α,β-unsaturated/α-hetero) is 1. The van der Waals surface area contributed by atoms with E-state index in [1.807, 2.05) is 0 Å². The number of carbonyl (C=O) groups is 3. The average molecular weight is 582 g/mol. The van der Waals surface area contributed by atoms with Crippen molar-refractivity contribution in [3.63, 3.8) is 0 Å². The molecule has 5 fully saturated rings. The number of rotatable bonds is 4. The molecule has 3 unspecified atom stereocenters. The van der Waals surface area contributed by atoms with Crippen molar-refractivity contribution in [3.05, 3.63) is 11.1 Å². The fraction of sp³-hybridized carbons (Fsp3) is 0.861. The molecule has 0 bridgehead atoms. The second kappa shape index (κ2) is 9.83. The summed E-state index contributed by atoms with van der Waals surface area (Å²) in [6.45, 7) is 18.2. The van der Waals surface area contributed by atoms with Gasteiger partial charge in [0, 0.05) is 24.7 Å². The number of amides is 1. The van der Waals surface area contributed by atoms with Crippen LogP contribution in [0.3, 0.4) is 0 Å². The van der Waals surface area contributed by atoms with E-state index in [1.54, 1.807) is 6.92 Å². The summed E-state index contributed by atoms with van der Waals surface area (Å²) in [5.41, 5.74) is 2.34. The Morgan fingerprint density at radius 1 is 0.881 bits per heavy atom. The number of nitrogens with one attached hydrogen (secondary N) is 1. The van der Waals surface area contributed by atoms with Crippen molar-refractivity contribution >= 4 is 17.8 Å². The number of allylic oxidation sites excluding steroid dienone is 1. The molecule has 6 aliphatic rings. The highest BCUT2D eigenvalue weighted by molar-refractivity contribution is 5.92. The molecule has 6 aliphatic carbocycles. The van der Waals surface area contributed by atoms with Gasteiger partial charge in [0.25, 0.3) is 0 Å². The summed E-state index contributed by atoms with van der Waals surface area (Å²) in [7, 11) is 0. The molecule has 1 amide bonds. The van der Waals surface area contributed by atoms with Crippen molar-refractivity contribution in [1.29, 1.82) is 0 Å². The number of ketones is 1. The molecule has 42 heavy (non-hydrogen) atoms. The van der Waals surface area contributed by atoms with Gasteiger partial charge >= 0.3 is 12.1 Å². The van der Waals surface area contributed by atoms with E-state index in [1.165, 1.54) is 11.1 Å². The molecule has 0 saturated heterocycles. The number of hydrogen-bond donors (Lipinski definition) is 1. The Kier molecular flexibility index (Phi) is 7.06. The molecule has 0 radical (unpaired) electrons. The fourth-order valence-corrected chi connectivity index (χ4v) is 11.9. The Morgan fingerprint density at radius 3 is 2.21 bits per heavy atom. The summed E-state index contributed by atoms with van der Waals surface area (Å²) in [5, 5.41) is 3.35. The van der Waals surface area contributed by atoms with E-state index in [4.69, 9.17) is 9.47 Å². The van der Waals surface area contributed by atoms with E-state index in [0.717, 1.165) is 70.6 Å². The second-order valence-corrected chi connectivity index (χ2v) is 16.8. The largest absolute Gasteiger partial charge is 0.462 e. The molecule has 6 rings (SSSR count). The maximum atomic E-state index is 13.8. The van der Waals surface area contributed by atoms with Crippen LogP contribution in [0.15, 0.2) is 11.1 Å². The highest BCUT2D eigenvalue weighted by Crippen LogP contribution is 2.75. The van der Waals surface area contributed by atoms with Crippen molar-refractivity contribution in [3.8, 4) is 0 Å². The molecule has 234 valence electrons. The summed E-state index contributed by atoms with van der Waals surface area (Å²) in [5.74, 6) is 1.25. The lowest BCUT2D eigenvalue weighted by molar-refractivity contribution is -0.212. The summed E-state index contributed by atoms with van der Waals surface area (Å²) < 4.78 is 11.7. The van der Waals surface area contributed by atoms with Crippen LogP contribution in [0.4, 0.5) is 4.79 Å². The molecule has 1 N–H and O–H groups in total. The third-order valence-corrected chi connectivity index (χ3v) is 14.3. The monoisotopic (exact) mass is 581 g/mol. The first-order chi connectivity index (χ1) is 19.6. The first kappa shape index (κ1) is 30.2. The topological polar surface area (TPSA) is 81.7 Å². The van der Waals surface area contributed by atoms with Crippen LogP contribution in [0.5, 0.6) is 0 Å². The minimum atomic E-state index is -0.601. The number of fused-ring (bicyclic) bond motifs is 6. The van der Waals surface area contributed by atoms with E-state index in [-0.39, 0.29) is 63.5 Å². The Bertz CT molecular complexity index is 1200. The molecule has 6 nitrogen and oxygen atoms in total. The van der Waals surface area contributed by atoms with Gasteiger partial charge in [-0.05, 0) is 110 Å². The SMILES string of the molecule is CC(=O)O[C@H]1CC[C@@]2(C)C(CC[C@]3(C)C2CCC2=C4C(C(C)C)C(=O)C[C@]4(NC(=O)OC4CCC4)CC[C@]23C)C1(C)C. The Balaban J connectivity index is 1.38. The molecule has 5 saturated carbocycles. The van der Waals surface area contributed by atoms with Gasteiger partial charge in [-0.3, -0.25) is 9.59 Å². The maximum Gasteiger partial charge on any atom is 0.408 e. The zero-order valence-corrected chi connectivity index (χ0v) is 27.5. The molecular formula is C36H55NO5. The van der Waals surface area contributed by atoms with Crippen LogP contribution >= 0.6 is 0 Å². The van der Waals surface area contributed by atoms with Crippen molar-refractivity contribution in [2.75, 3.05) is 0 Å². The lowest BCUT2D eigenvalue weighted by Gasteiger charge is -2.70. The normalized spacial score (nSPS) is 44.4. The first-order valence-corrected chi connectivity index (χ1v) is 17.0. The van der Waals surface area contributed by atoms with E-state index in [0.29, 0.717) is 18.3 Å². The number of esters is 1. The molecule has 0 spiro atoms. The molecule has 0 heterocycles. The second-order valence-electron chi connectivity index (χ2n) is 16.8. The lowest BCUT2D eigenvalue weighted by atomic mass is 9.34. The van der Waals surface area contributed by atoms with Crippen LogP contribution in [0, 0.1) is 45.3 Å². The molecular weight excluding hydrogens is 526 g/mol. The molecule has 0 aromatic rings. The molecule has 0 aromatic heterocycles. The number of alkyl carbamates (subject to hydrolysis) is 1. The highest BCUT2D eigenvalue weighted by Gasteiger charge is 2.69. The molecule has 8 atom stereocenters. The minimum Gasteiger partial charge on any atom is -0.462 e. The van der Waals surface area contributed by atoms with Crippen LogP contribution in [-0.4, -0.2) is 35.6 Å². The fourth-order valence-electron chi connectivity index (χ4n) is 11.9. The van der Waals surface area contributed by atoms with Crippen LogP contribution in [0.2, 0.25) is 0 Å². The smallest absolute Gasteiger partial charge is 0.408 e. The van der Waals surface area contributed by atoms with Crippen LogP contribution < -0.4 is 5.32 Å². The quantitative estimate of drug-likeness (QED) is 0.269. The maximum absolute atomic E-state index is 13.8. The van der Waals surface area contributed by atoms with Gasteiger partial charge < -0.3 is 14.8 Å². The Hall–Kier alpha value is -1.85. The summed E-state index contributed by atoms with van der Waals surface area (Å²) in [6, 6.07) is 0. The zero-order chi connectivity index (χ0) is 30.5. The van der Waals surface area contributed by atoms with Crippen molar-refractivity contribution in [2.24, 2.45) is 45.3 Å². The van der Waals surface area contributed by atoms with Crippen LogP contribution in [-0.2, 0) is 19.1 Å². The van der Waals surface area contributed by atoms with Crippen molar-refractivity contribution in [2.45, 2.75) is 150 Å². The van der Waals surface area contributed by atoms with Crippen molar-refractivity contribution in [1.82, 2.24) is 5.32 Å². The van der Waals surface area contributed by atoms with Gasteiger partial charge in [0.2, 0.25) is 0 Å². The van der Waals surface area contributed by atoms with Gasteiger partial charge in [0.15, 0.2) is 0 Å². The third-order valence-electron chi connectivity index (χ3n) is 14.3. The zero-order valence-electron chi connectivity index (χ0n) is 27.5. The molecule has 0 aliphatic heterocycles. The number of ether oxygens (including phenoxy) is 2. The van der Waals surface area contributed by atoms with Gasteiger partial charge in [0.05, 0.1) is 5.54 Å². The molecule has 0 aromatic carbocycles. The van der Waals surface area contributed by atoms with Gasteiger partial charge in [-0.25, -0.2) is 4.79 Å². The lowest BCUT2D eigenvalue weighted by Crippen LogP contribution is -2.65. The van der Waals surface area contributed by atoms with E-state index in [2.05, 4.69) is 53.8 Å². The van der Waals surface area contributed by atoms with Crippen LogP contribution in [0.25, 0.3) is 0 Å². The Morgan fingerprint density at radius 2 is 1.60 bits per heavy atom. The predicted octanol–water partition coefficient (Wildman–Crippen LogP) is 7.93. The number of carbonyl (C=O) groups excluding carboxylic acids is 3. The standard InChI is InChI=1S/C36H55NO5/c1-21(2)29-25(39)20-36(37-31(40)42-23-10-9-11-23)19-18-34(7)24(30(29)36)12-13-27-33(6)16-15-28(41-22(3)38)32(4,5)26(33)14-17-35(27,34)8/h21,23,26-29H,9-20H2,1-8H3,(H,37,40)/t26?,27?,28-,29?,33-,34+,35+,36+/m0/s1. The van der Waals surface area contributed by atoms with Gasteiger partial charge in [0.1, 0.15) is 18.0 Å². The number of hydrogen-bond acceptors (Lipinski definition) is 5. The molecule has 6 heteroatoms. The summed E-state index contributed by atoms with van der Waals surface area (Å²) >= 11 is 0. The van der Waals surface area contributed by atoms with E-state index in [9.17, 15) is 14.4 Å². The minimum absolute atomic E-state index is 0.0169. The highest BCUT2D eigenvalue weighted by atomic mass is 16.6. The summed E-state index contributed by atoms with van der Waals surface area (Å²) in [6.07, 6.45) is 11.3. The van der Waals surface area contributed by atoms with Crippen molar-refractivity contribution < 1.29 is 23.9 Å². The van der Waals surface area contributed by atoms with Gasteiger partial charge in [-0.1, -0.05) is 54.0 Å². The Labute approximate surface area is 253 Å². The third kappa shape index (κ3) is 4.11. The van der Waals surface area contributed by atoms with Crippen LogP contribution in [0.1, 0.15) is 132 Å². The first-order valence-electron chi connectivity index (χ1n) is 17.0. The van der Waals surface area contributed by atoms with Gasteiger partial charge in [-0.2, -0.15) is 0 Å². The van der Waals surface area contributed by atoms with E-state index < -0.39 is 5.54 Å². The van der Waals surface area contributed by atoms with E-state index >= 15 is 0 Å². The predicted molar refractivity (Wildman–Crippen MR) is 163 cm³/mol.